The second kappa shape index (κ2) is 11.1. The fourth-order valence-corrected chi connectivity index (χ4v) is 3.37. The highest BCUT2D eigenvalue weighted by Gasteiger charge is 2.18. The molecule has 3 rings (SSSR count). The van der Waals surface area contributed by atoms with Crippen LogP contribution >= 0.6 is 0 Å². The topological polar surface area (TPSA) is 80.8 Å². The molecule has 0 spiro atoms. The Morgan fingerprint density at radius 1 is 1.00 bits per heavy atom. The summed E-state index contributed by atoms with van der Waals surface area (Å²) < 4.78 is 11.6. The van der Waals surface area contributed by atoms with Gasteiger partial charge in [-0.3, -0.25) is 14.6 Å². The predicted octanol–water partition coefficient (Wildman–Crippen LogP) is 4.39. The number of nitrogens with one attached hydrogen (secondary N) is 1. The van der Waals surface area contributed by atoms with Crippen LogP contribution in [0.15, 0.2) is 60.9 Å². The number of carbonyl (C=O) groups excluding carboxylic acids is 2. The van der Waals surface area contributed by atoms with Crippen molar-refractivity contribution in [2.24, 2.45) is 0 Å². The van der Waals surface area contributed by atoms with Crippen LogP contribution in [0.5, 0.6) is 11.5 Å². The second-order valence-corrected chi connectivity index (χ2v) is 7.72. The number of anilines is 1. The minimum Gasteiger partial charge on any atom is -0.490 e. The molecule has 0 atom stereocenters. The van der Waals surface area contributed by atoms with E-state index in [1.165, 1.54) is 4.90 Å². The van der Waals surface area contributed by atoms with E-state index in [4.69, 9.17) is 9.47 Å². The number of carbonyl (C=O) groups is 2. The van der Waals surface area contributed by atoms with E-state index in [0.29, 0.717) is 30.3 Å². The van der Waals surface area contributed by atoms with Crippen LogP contribution in [0.1, 0.15) is 34.0 Å². The van der Waals surface area contributed by atoms with Gasteiger partial charge in [-0.15, -0.1) is 0 Å². The molecule has 1 N–H and O–H groups in total. The Morgan fingerprint density at radius 3 is 2.42 bits per heavy atom. The maximum atomic E-state index is 13.0. The molecule has 1 heterocycles. The van der Waals surface area contributed by atoms with Gasteiger partial charge in [0.05, 0.1) is 13.2 Å². The van der Waals surface area contributed by atoms with Crippen LogP contribution in [0, 0.1) is 13.8 Å². The van der Waals surface area contributed by atoms with Crippen molar-refractivity contribution in [2.45, 2.75) is 27.4 Å². The highest BCUT2D eigenvalue weighted by Crippen LogP contribution is 2.30. The van der Waals surface area contributed by atoms with Crippen molar-refractivity contribution in [3.8, 4) is 11.5 Å². The van der Waals surface area contributed by atoms with Gasteiger partial charge in [0.15, 0.2) is 11.5 Å². The van der Waals surface area contributed by atoms with Gasteiger partial charge in [-0.25, -0.2) is 0 Å². The molecule has 33 heavy (non-hydrogen) atoms. The number of pyridine rings is 1. The summed E-state index contributed by atoms with van der Waals surface area (Å²) in [6.45, 7) is 6.42. The van der Waals surface area contributed by atoms with E-state index in [-0.39, 0.29) is 18.4 Å². The lowest BCUT2D eigenvalue weighted by Gasteiger charge is -2.19. The number of ether oxygens (including phenoxy) is 2. The summed E-state index contributed by atoms with van der Waals surface area (Å²) in [5.74, 6) is 0.462. The van der Waals surface area contributed by atoms with Gasteiger partial charge in [-0.05, 0) is 56.2 Å². The average Bonchev–Trinajstić information content (AvgIpc) is 2.81. The molecule has 7 heteroatoms. The number of rotatable bonds is 9. The third-order valence-electron chi connectivity index (χ3n) is 5.08. The Kier molecular flexibility index (Phi) is 8.02. The van der Waals surface area contributed by atoms with Crippen molar-refractivity contribution in [2.75, 3.05) is 25.5 Å². The molecule has 3 aromatic rings. The molecule has 2 amide bonds. The van der Waals surface area contributed by atoms with Crippen LogP contribution in [0.4, 0.5) is 5.69 Å². The summed E-state index contributed by atoms with van der Waals surface area (Å²) in [4.78, 5) is 31.0. The summed E-state index contributed by atoms with van der Waals surface area (Å²) in [6.07, 6.45) is 3.44. The molecule has 0 saturated carbocycles. The number of nitrogens with zero attached hydrogens (tertiary/aromatic N) is 2. The fourth-order valence-electron chi connectivity index (χ4n) is 3.37. The van der Waals surface area contributed by atoms with Crippen molar-refractivity contribution < 1.29 is 19.1 Å². The molecule has 7 nitrogen and oxygen atoms in total. The van der Waals surface area contributed by atoms with Crippen LogP contribution in [-0.2, 0) is 11.4 Å². The molecule has 0 aliphatic rings. The van der Waals surface area contributed by atoms with E-state index in [2.05, 4.69) is 10.3 Å². The maximum absolute atomic E-state index is 13.0. The molecule has 0 radical (unpaired) electrons. The van der Waals surface area contributed by atoms with Crippen molar-refractivity contribution in [3.63, 3.8) is 0 Å². The Hall–Kier alpha value is -3.87. The Bertz CT molecular complexity index is 1100. The highest BCUT2D eigenvalue weighted by molar-refractivity contribution is 6.00. The number of hydrogen-bond donors (Lipinski definition) is 1. The van der Waals surface area contributed by atoms with Gasteiger partial charge < -0.3 is 19.7 Å². The predicted molar refractivity (Wildman–Crippen MR) is 128 cm³/mol. The zero-order valence-electron chi connectivity index (χ0n) is 19.4. The van der Waals surface area contributed by atoms with E-state index < -0.39 is 0 Å². The van der Waals surface area contributed by atoms with Crippen LogP contribution < -0.4 is 14.8 Å². The quantitative estimate of drug-likeness (QED) is 0.526. The van der Waals surface area contributed by atoms with Crippen molar-refractivity contribution in [1.82, 2.24) is 9.88 Å². The molecule has 0 saturated heterocycles. The molecule has 0 aliphatic carbocycles. The molecule has 0 fully saturated rings. The van der Waals surface area contributed by atoms with Gasteiger partial charge in [-0.2, -0.15) is 0 Å². The molecule has 0 bridgehead atoms. The SMILES string of the molecule is CCOc1cc(C(=O)N(C)CC(=O)Nc2c(C)cccc2C)ccc1OCc1cccnc1. The van der Waals surface area contributed by atoms with E-state index in [9.17, 15) is 9.59 Å². The minimum atomic E-state index is -0.286. The van der Waals surface area contributed by atoms with Gasteiger partial charge in [0.2, 0.25) is 5.91 Å². The number of amides is 2. The average molecular weight is 448 g/mol. The lowest BCUT2D eigenvalue weighted by molar-refractivity contribution is -0.116. The van der Waals surface area contributed by atoms with E-state index >= 15 is 0 Å². The Balaban J connectivity index is 1.67. The number of benzene rings is 2. The first-order chi connectivity index (χ1) is 15.9. The number of likely N-dealkylation sites (N-methyl/N-ethyl adjacent to an activating group) is 1. The third kappa shape index (κ3) is 6.32. The van der Waals surface area contributed by atoms with Crippen molar-refractivity contribution in [3.05, 3.63) is 83.2 Å². The fraction of sp³-hybridized carbons (Fsp3) is 0.269. The van der Waals surface area contributed by atoms with Crippen molar-refractivity contribution in [1.29, 1.82) is 0 Å². The summed E-state index contributed by atoms with van der Waals surface area (Å²) in [7, 11) is 1.60. The normalized spacial score (nSPS) is 10.4. The standard InChI is InChI=1S/C26H29N3O4/c1-5-32-23-14-21(11-12-22(23)33-17-20-10-7-13-27-15-20)26(31)29(4)16-24(30)28-25-18(2)8-6-9-19(25)3/h6-15H,5,16-17H2,1-4H3,(H,28,30). The van der Waals surface area contributed by atoms with Crippen LogP contribution in [-0.4, -0.2) is 41.9 Å². The molecule has 172 valence electrons. The van der Waals surface area contributed by atoms with Crippen LogP contribution in [0.25, 0.3) is 0 Å². The minimum absolute atomic E-state index is 0.0736. The van der Waals surface area contributed by atoms with Gasteiger partial charge in [-0.1, -0.05) is 24.3 Å². The molecule has 0 unspecified atom stereocenters. The number of aromatic nitrogens is 1. The van der Waals surface area contributed by atoms with E-state index in [0.717, 1.165) is 22.4 Å². The summed E-state index contributed by atoms with van der Waals surface area (Å²) in [5, 5.41) is 2.91. The molecular formula is C26H29N3O4. The Labute approximate surface area is 194 Å². The lowest BCUT2D eigenvalue weighted by atomic mass is 10.1. The summed E-state index contributed by atoms with van der Waals surface area (Å²) in [5.41, 5.74) is 4.06. The summed E-state index contributed by atoms with van der Waals surface area (Å²) >= 11 is 0. The van der Waals surface area contributed by atoms with E-state index in [1.807, 2.05) is 51.1 Å². The molecule has 1 aromatic heterocycles. The van der Waals surface area contributed by atoms with Crippen LogP contribution in [0.3, 0.4) is 0 Å². The van der Waals surface area contributed by atoms with Gasteiger partial charge in [0.1, 0.15) is 6.61 Å². The second-order valence-electron chi connectivity index (χ2n) is 7.72. The monoisotopic (exact) mass is 447 g/mol. The molecular weight excluding hydrogens is 418 g/mol. The Morgan fingerprint density at radius 2 is 1.76 bits per heavy atom. The zero-order chi connectivity index (χ0) is 23.8. The van der Waals surface area contributed by atoms with Gasteiger partial charge in [0.25, 0.3) is 5.91 Å². The third-order valence-corrected chi connectivity index (χ3v) is 5.08. The lowest BCUT2D eigenvalue weighted by Crippen LogP contribution is -2.35. The highest BCUT2D eigenvalue weighted by atomic mass is 16.5. The van der Waals surface area contributed by atoms with Crippen molar-refractivity contribution >= 4 is 17.5 Å². The molecule has 0 aliphatic heterocycles. The first-order valence-corrected chi connectivity index (χ1v) is 10.8. The summed E-state index contributed by atoms with van der Waals surface area (Å²) in [6, 6.07) is 14.6. The first-order valence-electron chi connectivity index (χ1n) is 10.8. The molecule has 2 aromatic carbocycles. The number of aryl methyl sites for hydroxylation is 2. The van der Waals surface area contributed by atoms with Gasteiger partial charge in [0, 0.05) is 36.3 Å². The maximum Gasteiger partial charge on any atom is 0.254 e. The zero-order valence-corrected chi connectivity index (χ0v) is 19.4. The number of para-hydroxylation sites is 1. The van der Waals surface area contributed by atoms with Crippen LogP contribution in [0.2, 0.25) is 0 Å². The number of hydrogen-bond acceptors (Lipinski definition) is 5. The largest absolute Gasteiger partial charge is 0.490 e. The first kappa shape index (κ1) is 23.8. The van der Waals surface area contributed by atoms with E-state index in [1.54, 1.807) is 37.6 Å². The van der Waals surface area contributed by atoms with Gasteiger partial charge >= 0.3 is 0 Å². The smallest absolute Gasteiger partial charge is 0.254 e.